The first-order chi connectivity index (χ1) is 18.2. The second-order valence-electron chi connectivity index (χ2n) is 9.63. The monoisotopic (exact) mass is 520 g/mol. The molecular weight excluding hydrogens is 494 g/mol. The zero-order valence-electron chi connectivity index (χ0n) is 20.9. The summed E-state index contributed by atoms with van der Waals surface area (Å²) in [7, 11) is 0. The van der Waals surface area contributed by atoms with Crippen LogP contribution >= 0.6 is 0 Å². The molecule has 1 fully saturated rings. The van der Waals surface area contributed by atoms with E-state index in [0.29, 0.717) is 37.4 Å². The van der Waals surface area contributed by atoms with Gasteiger partial charge in [-0.1, -0.05) is 71.6 Å². The van der Waals surface area contributed by atoms with Crippen LogP contribution in [0.4, 0.5) is 29.1 Å². The molecule has 1 aliphatic heterocycles. The first kappa shape index (κ1) is 25.5. The molecule has 1 amide bonds. The summed E-state index contributed by atoms with van der Waals surface area (Å²) in [5, 5.41) is 3.54. The number of benzene rings is 3. The molecule has 1 aliphatic carbocycles. The lowest BCUT2D eigenvalue weighted by Crippen LogP contribution is -2.49. The Bertz CT molecular complexity index is 1370. The maximum Gasteiger partial charge on any atom is 0.482 e. The van der Waals surface area contributed by atoms with E-state index in [-0.39, 0.29) is 23.8 Å². The van der Waals surface area contributed by atoms with Gasteiger partial charge in [0.1, 0.15) is 6.61 Å². The summed E-state index contributed by atoms with van der Waals surface area (Å²) < 4.78 is 45.3. The molecule has 3 aromatic rings. The van der Waals surface area contributed by atoms with E-state index in [2.05, 4.69) is 34.3 Å². The molecule has 0 atom stereocenters. The average Bonchev–Trinajstić information content (AvgIpc) is 3.22. The molecule has 3 aromatic carbocycles. The van der Waals surface area contributed by atoms with E-state index in [1.54, 1.807) is 17.9 Å². The number of carbonyl (C=O) groups is 1. The number of halogens is 3. The van der Waals surface area contributed by atoms with Crippen LogP contribution in [0.2, 0.25) is 0 Å². The average molecular weight is 520 g/mol. The smallest absolute Gasteiger partial charge is 0.449 e. The number of hydrogen-bond donors (Lipinski definition) is 0. The standard InChI is InChI=1S/C27H26BF3N5O2/c1-18-19(16-28(29,30)31)14-20(33-34-32)15-26(18)35-10-12-36(13-11-35)27(37)38-17-25-23-8-4-2-6-21(23)22-7-3-5-9-24(22)25/h2-9,14-15,25H,10-13,16-17H2,1H3/q-1. The van der Waals surface area contributed by atoms with Gasteiger partial charge in [0.15, 0.2) is 0 Å². The van der Waals surface area contributed by atoms with Gasteiger partial charge in [0.2, 0.25) is 0 Å². The summed E-state index contributed by atoms with van der Waals surface area (Å²) in [6.07, 6.45) is -1.46. The molecule has 0 bridgehead atoms. The van der Waals surface area contributed by atoms with Crippen molar-refractivity contribution in [3.05, 3.63) is 93.4 Å². The molecule has 0 aromatic heterocycles. The van der Waals surface area contributed by atoms with Crippen LogP contribution in [0.5, 0.6) is 0 Å². The predicted molar refractivity (Wildman–Crippen MR) is 142 cm³/mol. The molecule has 0 saturated carbocycles. The van der Waals surface area contributed by atoms with Crippen LogP contribution in [0.15, 0.2) is 65.8 Å². The zero-order valence-corrected chi connectivity index (χ0v) is 20.9. The lowest BCUT2D eigenvalue weighted by molar-refractivity contribution is 0.0976. The highest BCUT2D eigenvalue weighted by atomic mass is 19.4. The van der Waals surface area contributed by atoms with Gasteiger partial charge in [0.25, 0.3) is 0 Å². The van der Waals surface area contributed by atoms with Gasteiger partial charge in [-0.05, 0) is 46.3 Å². The van der Waals surface area contributed by atoms with E-state index < -0.39 is 19.4 Å². The van der Waals surface area contributed by atoms with Crippen molar-refractivity contribution in [3.63, 3.8) is 0 Å². The fourth-order valence-electron chi connectivity index (χ4n) is 5.46. The van der Waals surface area contributed by atoms with Crippen molar-refractivity contribution < 1.29 is 22.5 Å². The molecule has 0 radical (unpaired) electrons. The minimum absolute atomic E-state index is 0.0348. The zero-order chi connectivity index (χ0) is 26.9. The van der Waals surface area contributed by atoms with Gasteiger partial charge in [-0.2, -0.15) is 0 Å². The van der Waals surface area contributed by atoms with Crippen LogP contribution in [0.3, 0.4) is 0 Å². The maximum atomic E-state index is 13.2. The summed E-state index contributed by atoms with van der Waals surface area (Å²) >= 11 is 0. The third kappa shape index (κ3) is 5.15. The number of amides is 1. The van der Waals surface area contributed by atoms with E-state index in [4.69, 9.17) is 10.3 Å². The number of anilines is 1. The summed E-state index contributed by atoms with van der Waals surface area (Å²) in [5.74, 6) is -0.0348. The van der Waals surface area contributed by atoms with Crippen molar-refractivity contribution in [2.75, 3.05) is 37.7 Å². The number of carbonyl (C=O) groups excluding carboxylic acids is 1. The Morgan fingerprint density at radius 3 is 2.21 bits per heavy atom. The molecule has 7 nitrogen and oxygen atoms in total. The minimum Gasteiger partial charge on any atom is -0.449 e. The second-order valence-corrected chi connectivity index (χ2v) is 9.63. The lowest BCUT2D eigenvalue weighted by Gasteiger charge is -2.37. The van der Waals surface area contributed by atoms with Crippen LogP contribution in [-0.4, -0.2) is 50.8 Å². The number of azide groups is 1. The van der Waals surface area contributed by atoms with E-state index in [1.807, 2.05) is 29.2 Å². The molecular formula is C27H26BF3N5O2-. The van der Waals surface area contributed by atoms with Gasteiger partial charge >= 0.3 is 13.1 Å². The molecule has 11 heteroatoms. The first-order valence-electron chi connectivity index (χ1n) is 12.5. The molecule has 0 spiro atoms. The molecule has 196 valence electrons. The van der Waals surface area contributed by atoms with E-state index >= 15 is 0 Å². The molecule has 5 rings (SSSR count). The molecule has 1 heterocycles. The highest BCUT2D eigenvalue weighted by Gasteiger charge is 2.31. The van der Waals surface area contributed by atoms with Gasteiger partial charge in [-0.15, -0.1) is 0 Å². The van der Waals surface area contributed by atoms with Crippen molar-refractivity contribution in [2.24, 2.45) is 5.11 Å². The highest BCUT2D eigenvalue weighted by molar-refractivity contribution is 6.57. The summed E-state index contributed by atoms with van der Waals surface area (Å²) in [4.78, 5) is 19.2. The Labute approximate surface area is 218 Å². The number of nitrogens with zero attached hydrogens (tertiary/aromatic N) is 5. The second kappa shape index (κ2) is 10.3. The van der Waals surface area contributed by atoms with E-state index in [9.17, 15) is 17.7 Å². The summed E-state index contributed by atoms with van der Waals surface area (Å²) in [6, 6.07) is 19.1. The summed E-state index contributed by atoms with van der Waals surface area (Å²) in [5.41, 5.74) is 14.7. The van der Waals surface area contributed by atoms with Crippen LogP contribution in [0.1, 0.15) is 28.2 Å². The van der Waals surface area contributed by atoms with Crippen LogP contribution in [0, 0.1) is 6.92 Å². The van der Waals surface area contributed by atoms with E-state index in [0.717, 1.165) is 22.3 Å². The normalized spacial score (nSPS) is 15.1. The molecule has 1 saturated heterocycles. The molecule has 38 heavy (non-hydrogen) atoms. The van der Waals surface area contributed by atoms with Crippen molar-refractivity contribution >= 4 is 24.4 Å². The SMILES string of the molecule is Cc1c(C[B-](F)(F)F)cc(N=[N+]=[N-])cc1N1CCN(C(=O)OCC2c3ccccc3-c3ccccc32)CC1. The van der Waals surface area contributed by atoms with Gasteiger partial charge in [0, 0.05) is 48.4 Å². The molecule has 0 unspecified atom stereocenters. The van der Waals surface area contributed by atoms with Gasteiger partial charge in [-0.3, -0.25) is 0 Å². The fraction of sp³-hybridized carbons (Fsp3) is 0.296. The van der Waals surface area contributed by atoms with Gasteiger partial charge < -0.3 is 27.5 Å². The van der Waals surface area contributed by atoms with Crippen LogP contribution in [0.25, 0.3) is 21.6 Å². The number of ether oxygens (including phenoxy) is 1. The number of fused-ring (bicyclic) bond motifs is 3. The minimum atomic E-state index is -5.05. The lowest BCUT2D eigenvalue weighted by atomic mass is 9.80. The van der Waals surface area contributed by atoms with Crippen LogP contribution < -0.4 is 4.90 Å². The Hall–Kier alpha value is -4.11. The van der Waals surface area contributed by atoms with Crippen molar-refractivity contribution in [3.8, 4) is 11.1 Å². The summed E-state index contributed by atoms with van der Waals surface area (Å²) in [6.45, 7) is -1.62. The van der Waals surface area contributed by atoms with Crippen molar-refractivity contribution in [2.45, 2.75) is 19.2 Å². The van der Waals surface area contributed by atoms with Gasteiger partial charge in [-0.25, -0.2) is 4.79 Å². The third-order valence-electron chi connectivity index (χ3n) is 7.30. The van der Waals surface area contributed by atoms with Gasteiger partial charge in [0.05, 0.1) is 0 Å². The molecule has 0 N–H and O–H groups in total. The Morgan fingerprint density at radius 1 is 1.03 bits per heavy atom. The number of rotatable bonds is 6. The molecule has 2 aliphatic rings. The van der Waals surface area contributed by atoms with Crippen molar-refractivity contribution in [1.29, 1.82) is 0 Å². The topological polar surface area (TPSA) is 81.5 Å². The maximum absolute atomic E-state index is 13.2. The predicted octanol–water partition coefficient (Wildman–Crippen LogP) is 6.94. The Morgan fingerprint density at radius 2 is 1.63 bits per heavy atom. The van der Waals surface area contributed by atoms with Crippen molar-refractivity contribution in [1.82, 2.24) is 4.90 Å². The van der Waals surface area contributed by atoms with E-state index in [1.165, 1.54) is 6.07 Å². The number of hydrogen-bond acceptors (Lipinski definition) is 4. The first-order valence-corrected chi connectivity index (χ1v) is 12.5. The third-order valence-corrected chi connectivity index (χ3v) is 7.30. The van der Waals surface area contributed by atoms with Crippen LogP contribution in [-0.2, 0) is 11.1 Å². The Kier molecular flexibility index (Phi) is 6.95. The quantitative estimate of drug-likeness (QED) is 0.153. The largest absolute Gasteiger partial charge is 0.482 e. The number of piperazine rings is 1. The highest BCUT2D eigenvalue weighted by Crippen LogP contribution is 2.44. The Balaban J connectivity index is 1.25. The fourth-order valence-corrected chi connectivity index (χ4v) is 5.46.